The van der Waals surface area contributed by atoms with Gasteiger partial charge in [0.2, 0.25) is 5.91 Å². The molecule has 5 rings (SSSR count). The van der Waals surface area contributed by atoms with E-state index in [2.05, 4.69) is 11.4 Å². The Labute approximate surface area is 175 Å². The van der Waals surface area contributed by atoms with Crippen LogP contribution in [0.4, 0.5) is 10.5 Å². The number of aromatic nitrogens is 1. The quantitative estimate of drug-likeness (QED) is 0.705. The van der Waals surface area contributed by atoms with Crippen LogP contribution in [0.2, 0.25) is 0 Å². The summed E-state index contributed by atoms with van der Waals surface area (Å²) in [6.07, 6.45) is 5.33. The lowest BCUT2D eigenvalue weighted by atomic mass is 9.80. The lowest BCUT2D eigenvalue weighted by molar-refractivity contribution is -0.138. The number of nitrogens with one attached hydrogen (secondary N) is 1. The second-order valence-corrected chi connectivity index (χ2v) is 8.78. The molecule has 1 saturated carbocycles. The predicted molar refractivity (Wildman–Crippen MR) is 113 cm³/mol. The maximum absolute atomic E-state index is 13.6. The molecule has 1 aromatic carbocycles. The lowest BCUT2D eigenvalue weighted by Crippen LogP contribution is -2.47. The second kappa shape index (κ2) is 7.47. The fourth-order valence-corrected chi connectivity index (χ4v) is 5.77. The Hall–Kier alpha value is -2.80. The largest absolute Gasteiger partial charge is 0.464 e. The van der Waals surface area contributed by atoms with E-state index in [4.69, 9.17) is 5.73 Å². The van der Waals surface area contributed by atoms with Gasteiger partial charge in [0.15, 0.2) is 0 Å². The Bertz CT molecular complexity index is 971. The Morgan fingerprint density at radius 1 is 1.07 bits per heavy atom. The first-order valence-corrected chi connectivity index (χ1v) is 10.9. The van der Waals surface area contributed by atoms with E-state index in [9.17, 15) is 14.7 Å². The summed E-state index contributed by atoms with van der Waals surface area (Å²) in [5, 5.41) is 13.2. The zero-order valence-electron chi connectivity index (χ0n) is 16.9. The molecule has 3 aliphatic rings. The molecule has 30 heavy (non-hydrogen) atoms. The van der Waals surface area contributed by atoms with Gasteiger partial charge in [-0.2, -0.15) is 0 Å². The molecule has 2 aromatic rings. The van der Waals surface area contributed by atoms with Crippen molar-refractivity contribution in [2.75, 3.05) is 11.9 Å². The minimum absolute atomic E-state index is 0.0637. The van der Waals surface area contributed by atoms with E-state index in [1.54, 1.807) is 12.3 Å². The van der Waals surface area contributed by atoms with Crippen LogP contribution in [0.25, 0.3) is 0 Å². The number of carbonyl (C=O) groups excluding carboxylic acids is 1. The Kier molecular flexibility index (Phi) is 4.77. The highest BCUT2D eigenvalue weighted by atomic mass is 16.4. The predicted octanol–water partition coefficient (Wildman–Crippen LogP) is 3.59. The average molecular weight is 409 g/mol. The monoisotopic (exact) mass is 408 g/mol. The fraction of sp³-hybridized carbons (Fsp3) is 0.478. The molecule has 0 unspecified atom stereocenters. The van der Waals surface area contributed by atoms with Crippen LogP contribution in [-0.2, 0) is 4.79 Å². The molecule has 7 heteroatoms. The van der Waals surface area contributed by atoms with Gasteiger partial charge in [0.25, 0.3) is 0 Å². The summed E-state index contributed by atoms with van der Waals surface area (Å²) in [4.78, 5) is 27.3. The first-order chi connectivity index (χ1) is 14.6. The van der Waals surface area contributed by atoms with Crippen LogP contribution in [0.3, 0.4) is 0 Å². The van der Waals surface area contributed by atoms with Gasteiger partial charge in [-0.15, -0.1) is 0 Å². The van der Waals surface area contributed by atoms with E-state index in [0.717, 1.165) is 49.0 Å². The molecule has 1 amide bonds. The molecule has 0 radical (unpaired) electrons. The first kappa shape index (κ1) is 19.2. The molecular formula is C23H28N4O3. The van der Waals surface area contributed by atoms with Crippen LogP contribution in [0.1, 0.15) is 55.4 Å². The van der Waals surface area contributed by atoms with Crippen molar-refractivity contribution in [3.8, 4) is 0 Å². The molecule has 2 fully saturated rings. The summed E-state index contributed by atoms with van der Waals surface area (Å²) < 4.78 is 1.28. The fourth-order valence-electron chi connectivity index (χ4n) is 5.77. The van der Waals surface area contributed by atoms with Gasteiger partial charge in [0, 0.05) is 30.4 Å². The molecule has 3 heterocycles. The van der Waals surface area contributed by atoms with Crippen molar-refractivity contribution in [1.29, 1.82) is 0 Å². The Morgan fingerprint density at radius 3 is 2.67 bits per heavy atom. The molecular weight excluding hydrogens is 380 g/mol. The van der Waals surface area contributed by atoms with Crippen molar-refractivity contribution >= 4 is 17.7 Å². The SMILES string of the molecule is N[C@@H]1CCCC[C@@H]1C(=O)N1CC[C@@H]2[C@H](c3cccn3C(=O)O)Nc3ccccc3[C@@H]21. The number of anilines is 1. The number of carbonyl (C=O) groups is 2. The third-order valence-corrected chi connectivity index (χ3v) is 7.19. The topological polar surface area (TPSA) is 101 Å². The molecule has 1 aliphatic carbocycles. The number of para-hydroxylation sites is 1. The summed E-state index contributed by atoms with van der Waals surface area (Å²) in [7, 11) is 0. The van der Waals surface area contributed by atoms with E-state index in [0.29, 0.717) is 6.54 Å². The smallest absolute Gasteiger partial charge is 0.415 e. The lowest BCUT2D eigenvalue weighted by Gasteiger charge is -2.41. The van der Waals surface area contributed by atoms with Gasteiger partial charge in [0.05, 0.1) is 23.7 Å². The number of likely N-dealkylation sites (tertiary alicyclic amines) is 1. The van der Waals surface area contributed by atoms with Crippen LogP contribution in [0.5, 0.6) is 0 Å². The highest BCUT2D eigenvalue weighted by Crippen LogP contribution is 2.51. The number of fused-ring (bicyclic) bond motifs is 3. The average Bonchev–Trinajstić information content (AvgIpc) is 3.41. The van der Waals surface area contributed by atoms with Crippen molar-refractivity contribution < 1.29 is 14.7 Å². The number of hydrogen-bond donors (Lipinski definition) is 3. The molecule has 158 valence electrons. The van der Waals surface area contributed by atoms with E-state index in [1.807, 2.05) is 29.2 Å². The minimum Gasteiger partial charge on any atom is -0.464 e. The van der Waals surface area contributed by atoms with Gasteiger partial charge >= 0.3 is 6.09 Å². The summed E-state index contributed by atoms with van der Waals surface area (Å²) in [5.74, 6) is 0.163. The number of benzene rings is 1. The second-order valence-electron chi connectivity index (χ2n) is 8.78. The van der Waals surface area contributed by atoms with Gasteiger partial charge in [-0.1, -0.05) is 31.0 Å². The molecule has 0 bridgehead atoms. The van der Waals surface area contributed by atoms with E-state index < -0.39 is 6.09 Å². The van der Waals surface area contributed by atoms with Gasteiger partial charge in [-0.25, -0.2) is 4.79 Å². The standard InChI is InChI=1S/C23H28N4O3/c24-17-8-3-1-6-14(17)22(28)27-13-11-16-20(19-10-5-12-26(19)23(29)30)25-18-9-4-2-7-15(18)21(16)27/h2,4-5,7,9-10,12,14,16-17,20-21,25H,1,3,6,8,11,13,24H2,(H,29,30)/t14-,16+,17+,20+,21-/m0/s1. The van der Waals surface area contributed by atoms with Gasteiger partial charge in [-0.3, -0.25) is 9.36 Å². The third kappa shape index (κ3) is 2.99. The molecule has 5 atom stereocenters. The van der Waals surface area contributed by atoms with Crippen molar-refractivity contribution in [1.82, 2.24) is 9.47 Å². The normalized spacial score (nSPS) is 30.3. The molecule has 1 aromatic heterocycles. The van der Waals surface area contributed by atoms with Crippen molar-refractivity contribution in [3.63, 3.8) is 0 Å². The molecule has 7 nitrogen and oxygen atoms in total. The molecule has 0 spiro atoms. The van der Waals surface area contributed by atoms with Gasteiger partial charge in [-0.05, 0) is 43.0 Å². The molecule has 4 N–H and O–H groups in total. The first-order valence-electron chi connectivity index (χ1n) is 10.9. The highest BCUT2D eigenvalue weighted by molar-refractivity contribution is 5.81. The zero-order valence-corrected chi connectivity index (χ0v) is 16.9. The number of carboxylic acid groups (broad SMARTS) is 1. The number of hydrogen-bond acceptors (Lipinski definition) is 4. The number of amides is 1. The third-order valence-electron chi connectivity index (χ3n) is 7.19. The Balaban J connectivity index is 1.53. The van der Waals surface area contributed by atoms with Crippen LogP contribution >= 0.6 is 0 Å². The van der Waals surface area contributed by atoms with Crippen LogP contribution < -0.4 is 11.1 Å². The van der Waals surface area contributed by atoms with Gasteiger partial charge in [0.1, 0.15) is 0 Å². The van der Waals surface area contributed by atoms with Crippen LogP contribution in [-0.4, -0.2) is 39.2 Å². The summed E-state index contributed by atoms with van der Waals surface area (Å²) in [6, 6.07) is 11.4. The van der Waals surface area contributed by atoms with Crippen molar-refractivity contribution in [2.24, 2.45) is 17.6 Å². The zero-order chi connectivity index (χ0) is 20.8. The highest BCUT2D eigenvalue weighted by Gasteiger charge is 2.48. The van der Waals surface area contributed by atoms with Crippen LogP contribution in [0.15, 0.2) is 42.6 Å². The maximum atomic E-state index is 13.6. The van der Waals surface area contributed by atoms with Crippen LogP contribution in [0, 0.1) is 11.8 Å². The summed E-state index contributed by atoms with van der Waals surface area (Å²) >= 11 is 0. The Morgan fingerprint density at radius 2 is 1.87 bits per heavy atom. The van der Waals surface area contributed by atoms with E-state index in [1.165, 1.54) is 4.57 Å². The van der Waals surface area contributed by atoms with E-state index >= 15 is 0 Å². The van der Waals surface area contributed by atoms with Crippen molar-refractivity contribution in [2.45, 2.75) is 50.2 Å². The molecule has 2 aliphatic heterocycles. The number of nitrogens with zero attached hydrogens (tertiary/aromatic N) is 2. The summed E-state index contributed by atoms with van der Waals surface area (Å²) in [5.41, 5.74) is 9.14. The van der Waals surface area contributed by atoms with E-state index in [-0.39, 0.29) is 35.9 Å². The molecule has 1 saturated heterocycles. The summed E-state index contributed by atoms with van der Waals surface area (Å²) in [6.45, 7) is 0.678. The number of nitrogens with two attached hydrogens (primary N) is 1. The van der Waals surface area contributed by atoms with Crippen molar-refractivity contribution in [3.05, 3.63) is 53.9 Å². The minimum atomic E-state index is -0.994. The number of rotatable bonds is 2. The maximum Gasteiger partial charge on any atom is 0.415 e. The van der Waals surface area contributed by atoms with Gasteiger partial charge < -0.3 is 21.1 Å².